The number of para-hydroxylation sites is 1. The summed E-state index contributed by atoms with van der Waals surface area (Å²) in [6, 6.07) is 10.3. The summed E-state index contributed by atoms with van der Waals surface area (Å²) in [5.74, 6) is -0.281. The normalized spacial score (nSPS) is 17.5. The van der Waals surface area contributed by atoms with E-state index >= 15 is 0 Å². The molecule has 0 aliphatic carbocycles. The van der Waals surface area contributed by atoms with E-state index in [2.05, 4.69) is 10.5 Å². The van der Waals surface area contributed by atoms with E-state index in [1.54, 1.807) is 17.9 Å². The molecule has 2 aromatic rings. The van der Waals surface area contributed by atoms with E-state index in [1.807, 2.05) is 30.3 Å². The summed E-state index contributed by atoms with van der Waals surface area (Å²) in [5.41, 5.74) is 1.37. The molecule has 0 spiro atoms. The van der Waals surface area contributed by atoms with Gasteiger partial charge in [0.1, 0.15) is 6.04 Å². The van der Waals surface area contributed by atoms with Gasteiger partial charge in [-0.25, -0.2) is 0 Å². The van der Waals surface area contributed by atoms with Crippen molar-refractivity contribution < 1.29 is 14.1 Å². The number of amides is 2. The van der Waals surface area contributed by atoms with Gasteiger partial charge < -0.3 is 14.7 Å². The molecule has 0 unspecified atom stereocenters. The third kappa shape index (κ3) is 2.86. The third-order valence-electron chi connectivity index (χ3n) is 3.70. The molecule has 1 aliphatic rings. The number of aryl methyl sites for hydroxylation is 1. The van der Waals surface area contributed by atoms with E-state index in [0.717, 1.165) is 12.1 Å². The quantitative estimate of drug-likeness (QED) is 0.943. The highest BCUT2D eigenvalue weighted by Crippen LogP contribution is 2.22. The Morgan fingerprint density at radius 1 is 1.32 bits per heavy atom. The van der Waals surface area contributed by atoms with Gasteiger partial charge in [0, 0.05) is 18.3 Å². The van der Waals surface area contributed by atoms with Gasteiger partial charge in [-0.05, 0) is 31.9 Å². The number of benzene rings is 1. The van der Waals surface area contributed by atoms with Crippen LogP contribution in [0.3, 0.4) is 0 Å². The number of nitrogens with one attached hydrogen (secondary N) is 1. The van der Waals surface area contributed by atoms with E-state index in [-0.39, 0.29) is 17.6 Å². The molecule has 2 heterocycles. The summed E-state index contributed by atoms with van der Waals surface area (Å²) in [4.78, 5) is 26.4. The van der Waals surface area contributed by atoms with Crippen LogP contribution < -0.4 is 5.32 Å². The first-order chi connectivity index (χ1) is 10.6. The van der Waals surface area contributed by atoms with Crippen molar-refractivity contribution in [1.82, 2.24) is 10.1 Å². The van der Waals surface area contributed by atoms with E-state index in [4.69, 9.17) is 4.52 Å². The molecule has 2 amide bonds. The molecule has 3 rings (SSSR count). The van der Waals surface area contributed by atoms with Gasteiger partial charge in [-0.2, -0.15) is 0 Å². The first-order valence-electron chi connectivity index (χ1n) is 7.25. The summed E-state index contributed by atoms with van der Waals surface area (Å²) in [7, 11) is 0. The Hall–Kier alpha value is -2.63. The maximum Gasteiger partial charge on any atom is 0.293 e. The fourth-order valence-electron chi connectivity index (χ4n) is 2.64. The van der Waals surface area contributed by atoms with Gasteiger partial charge in [0.05, 0.1) is 5.69 Å². The van der Waals surface area contributed by atoms with Gasteiger partial charge in [0.2, 0.25) is 11.7 Å². The number of hydrogen-bond acceptors (Lipinski definition) is 4. The van der Waals surface area contributed by atoms with Gasteiger partial charge in [0.15, 0.2) is 0 Å². The molecular formula is C16H17N3O3. The lowest BCUT2D eigenvalue weighted by Gasteiger charge is -2.22. The largest absolute Gasteiger partial charge is 0.351 e. The molecule has 114 valence electrons. The number of carbonyl (C=O) groups is 2. The molecule has 0 saturated carbocycles. The van der Waals surface area contributed by atoms with Crippen molar-refractivity contribution in [2.24, 2.45) is 0 Å². The van der Waals surface area contributed by atoms with Crippen LogP contribution >= 0.6 is 0 Å². The lowest BCUT2D eigenvalue weighted by atomic mass is 10.2. The number of anilines is 1. The fraction of sp³-hybridized carbons (Fsp3) is 0.312. The molecule has 6 heteroatoms. The highest BCUT2D eigenvalue weighted by molar-refractivity contribution is 6.00. The maximum atomic E-state index is 12.4. The Bertz CT molecular complexity index is 681. The molecule has 1 N–H and O–H groups in total. The topological polar surface area (TPSA) is 75.4 Å². The number of hydrogen-bond donors (Lipinski definition) is 1. The SMILES string of the molecule is Cc1cc(C(=O)N2CCC[C@@H]2C(=O)Nc2ccccc2)on1. The lowest BCUT2D eigenvalue weighted by Crippen LogP contribution is -2.43. The standard InChI is InChI=1S/C16H17N3O3/c1-11-10-14(22-18-11)16(21)19-9-5-8-13(19)15(20)17-12-6-3-2-4-7-12/h2-4,6-7,10,13H,5,8-9H2,1H3,(H,17,20)/t13-/m1/s1. The summed E-state index contributed by atoms with van der Waals surface area (Å²) in [6.07, 6.45) is 1.45. The van der Waals surface area contributed by atoms with Crippen LogP contribution in [0.1, 0.15) is 29.1 Å². The van der Waals surface area contributed by atoms with Crippen molar-refractivity contribution in [3.8, 4) is 0 Å². The van der Waals surface area contributed by atoms with Gasteiger partial charge in [-0.1, -0.05) is 23.4 Å². The zero-order valence-electron chi connectivity index (χ0n) is 12.3. The molecule has 0 bridgehead atoms. The van der Waals surface area contributed by atoms with Crippen LogP contribution in [0.2, 0.25) is 0 Å². The Morgan fingerprint density at radius 3 is 2.77 bits per heavy atom. The van der Waals surface area contributed by atoms with Crippen LogP contribution in [0.25, 0.3) is 0 Å². The number of likely N-dealkylation sites (tertiary alicyclic amines) is 1. The summed E-state index contributed by atoms with van der Waals surface area (Å²) >= 11 is 0. The molecule has 1 aromatic carbocycles. The summed E-state index contributed by atoms with van der Waals surface area (Å²) in [6.45, 7) is 2.30. The third-order valence-corrected chi connectivity index (χ3v) is 3.70. The number of nitrogens with zero attached hydrogens (tertiary/aromatic N) is 2. The van der Waals surface area contributed by atoms with Crippen LogP contribution in [-0.4, -0.2) is 34.5 Å². The Kier molecular flexibility index (Phi) is 3.91. The second-order valence-electron chi connectivity index (χ2n) is 5.34. The molecule has 0 radical (unpaired) electrons. The van der Waals surface area contributed by atoms with Crippen LogP contribution in [-0.2, 0) is 4.79 Å². The predicted molar refractivity (Wildman–Crippen MR) is 80.4 cm³/mol. The smallest absolute Gasteiger partial charge is 0.293 e. The number of rotatable bonds is 3. The Balaban J connectivity index is 1.72. The van der Waals surface area contributed by atoms with Gasteiger partial charge in [-0.3, -0.25) is 9.59 Å². The molecule has 1 aliphatic heterocycles. The monoisotopic (exact) mass is 299 g/mol. The average Bonchev–Trinajstić information content (AvgIpc) is 3.16. The van der Waals surface area contributed by atoms with Crippen LogP contribution in [0, 0.1) is 6.92 Å². The van der Waals surface area contributed by atoms with Gasteiger partial charge in [-0.15, -0.1) is 0 Å². The minimum Gasteiger partial charge on any atom is -0.351 e. The second-order valence-corrected chi connectivity index (χ2v) is 5.34. The summed E-state index contributed by atoms with van der Waals surface area (Å²) in [5, 5.41) is 6.57. The second kappa shape index (κ2) is 6.01. The van der Waals surface area contributed by atoms with Crippen LogP contribution in [0.15, 0.2) is 40.9 Å². The van der Waals surface area contributed by atoms with Crippen molar-refractivity contribution in [3.63, 3.8) is 0 Å². The molecule has 1 aromatic heterocycles. The minimum absolute atomic E-state index is 0.173. The van der Waals surface area contributed by atoms with E-state index < -0.39 is 6.04 Å². The Morgan fingerprint density at radius 2 is 2.09 bits per heavy atom. The molecule has 1 atom stereocenters. The molecular weight excluding hydrogens is 282 g/mol. The van der Waals surface area contributed by atoms with Crippen molar-refractivity contribution in [2.75, 3.05) is 11.9 Å². The van der Waals surface area contributed by atoms with E-state index in [0.29, 0.717) is 18.7 Å². The highest BCUT2D eigenvalue weighted by Gasteiger charge is 2.36. The molecule has 22 heavy (non-hydrogen) atoms. The highest BCUT2D eigenvalue weighted by atomic mass is 16.5. The molecule has 1 fully saturated rings. The fourth-order valence-corrected chi connectivity index (χ4v) is 2.64. The van der Waals surface area contributed by atoms with Gasteiger partial charge in [0.25, 0.3) is 5.91 Å². The number of carbonyl (C=O) groups excluding carboxylic acids is 2. The zero-order valence-corrected chi connectivity index (χ0v) is 12.3. The molecule has 1 saturated heterocycles. The average molecular weight is 299 g/mol. The summed E-state index contributed by atoms with van der Waals surface area (Å²) < 4.78 is 5.01. The maximum absolute atomic E-state index is 12.4. The van der Waals surface area contributed by atoms with Gasteiger partial charge >= 0.3 is 0 Å². The van der Waals surface area contributed by atoms with Crippen LogP contribution in [0.4, 0.5) is 5.69 Å². The zero-order chi connectivity index (χ0) is 15.5. The van der Waals surface area contributed by atoms with Crippen molar-refractivity contribution in [3.05, 3.63) is 47.9 Å². The first kappa shape index (κ1) is 14.3. The van der Waals surface area contributed by atoms with Crippen molar-refractivity contribution in [1.29, 1.82) is 0 Å². The lowest BCUT2D eigenvalue weighted by molar-refractivity contribution is -0.119. The van der Waals surface area contributed by atoms with Crippen molar-refractivity contribution >= 4 is 17.5 Å². The minimum atomic E-state index is -0.474. The van der Waals surface area contributed by atoms with E-state index in [9.17, 15) is 9.59 Å². The number of aromatic nitrogens is 1. The van der Waals surface area contributed by atoms with Crippen molar-refractivity contribution in [2.45, 2.75) is 25.8 Å². The van der Waals surface area contributed by atoms with E-state index in [1.165, 1.54) is 0 Å². The molecule has 6 nitrogen and oxygen atoms in total. The van der Waals surface area contributed by atoms with Crippen LogP contribution in [0.5, 0.6) is 0 Å². The Labute approximate surface area is 128 Å². The first-order valence-corrected chi connectivity index (χ1v) is 7.25. The predicted octanol–water partition coefficient (Wildman–Crippen LogP) is 2.23.